The Morgan fingerprint density at radius 2 is 1.02 bits per heavy atom. The Hall–Kier alpha value is -5.61. The molecule has 0 radical (unpaired) electrons. The number of hydrogen-bond donors (Lipinski definition) is 0. The summed E-state index contributed by atoms with van der Waals surface area (Å²) in [4.78, 5) is 4.58. The summed E-state index contributed by atoms with van der Waals surface area (Å²) in [5.74, 6) is 0. The first-order chi connectivity index (χ1) is 20.3. The largest absolute Gasteiger partial charge is 0.443 e. The summed E-state index contributed by atoms with van der Waals surface area (Å²) in [6, 6.07) is 47.5. The Kier molecular flexibility index (Phi) is 4.58. The smallest absolute Gasteiger partial charge is 0.182 e. The predicted molar refractivity (Wildman–Crippen MR) is 168 cm³/mol. The van der Waals surface area contributed by atoms with Crippen LogP contribution in [0.2, 0.25) is 0 Å². The van der Waals surface area contributed by atoms with Crippen molar-refractivity contribution in [2.45, 2.75) is 0 Å². The molecule has 3 heterocycles. The van der Waals surface area contributed by atoms with Gasteiger partial charge in [-0.25, -0.2) is 4.98 Å². The average molecular weight is 526 g/mol. The molecule has 9 aromatic rings. The van der Waals surface area contributed by atoms with E-state index in [0.29, 0.717) is 0 Å². The van der Waals surface area contributed by atoms with Gasteiger partial charge in [0.15, 0.2) is 12.0 Å². The van der Waals surface area contributed by atoms with Crippen molar-refractivity contribution in [2.24, 2.45) is 0 Å². The Morgan fingerprint density at radius 1 is 0.463 bits per heavy atom. The Labute approximate surface area is 235 Å². The zero-order valence-electron chi connectivity index (χ0n) is 22.0. The summed E-state index contributed by atoms with van der Waals surface area (Å²) in [7, 11) is 0. The summed E-state index contributed by atoms with van der Waals surface area (Å²) in [6.07, 6.45) is 1.54. The summed E-state index contributed by atoms with van der Waals surface area (Å²) < 4.78 is 10.6. The third-order valence-electron chi connectivity index (χ3n) is 8.24. The lowest BCUT2D eigenvalue weighted by Gasteiger charge is -2.11. The van der Waals surface area contributed by atoms with E-state index in [0.717, 1.165) is 44.6 Å². The van der Waals surface area contributed by atoms with E-state index in [1.54, 1.807) is 0 Å². The highest BCUT2D eigenvalue weighted by molar-refractivity contribution is 6.19. The topological polar surface area (TPSA) is 35.9 Å². The SMILES string of the molecule is c1ccc(-c2cc(-n3c4ccccc4c4cc5c(cc43)c3ccccc3n5-c3ccccc3)cc3ncoc23)cc1. The molecule has 0 bridgehead atoms. The fourth-order valence-corrected chi connectivity index (χ4v) is 6.48. The van der Waals surface area contributed by atoms with Gasteiger partial charge in [-0.3, -0.25) is 0 Å². The summed E-state index contributed by atoms with van der Waals surface area (Å²) in [5, 5.41) is 4.90. The van der Waals surface area contributed by atoms with Gasteiger partial charge < -0.3 is 13.6 Å². The number of nitrogens with zero attached hydrogens (tertiary/aromatic N) is 3. The lowest BCUT2D eigenvalue weighted by molar-refractivity contribution is 0.603. The molecule has 0 saturated heterocycles. The van der Waals surface area contributed by atoms with Gasteiger partial charge in [0.25, 0.3) is 0 Å². The van der Waals surface area contributed by atoms with Crippen molar-refractivity contribution in [1.82, 2.24) is 14.1 Å². The highest BCUT2D eigenvalue weighted by Crippen LogP contribution is 2.40. The minimum Gasteiger partial charge on any atom is -0.443 e. The fraction of sp³-hybridized carbons (Fsp3) is 0. The van der Waals surface area contributed by atoms with E-state index in [2.05, 4.69) is 142 Å². The van der Waals surface area contributed by atoms with E-state index >= 15 is 0 Å². The minimum absolute atomic E-state index is 0.800. The molecule has 0 aliphatic rings. The standard InChI is InChI=1S/C37H23N3O/c1-3-11-24(12-4-1)29-19-26(20-32-37(29)41-23-38-32)40-34-18-10-8-16-28(34)31-21-35-30(22-36(31)40)27-15-7-9-17-33(27)39(35)25-13-5-2-6-14-25/h1-23H. The maximum Gasteiger partial charge on any atom is 0.182 e. The highest BCUT2D eigenvalue weighted by atomic mass is 16.3. The maximum atomic E-state index is 5.88. The summed E-state index contributed by atoms with van der Waals surface area (Å²) in [6.45, 7) is 0. The Balaban J connectivity index is 1.42. The van der Waals surface area contributed by atoms with Crippen LogP contribution in [0.1, 0.15) is 0 Å². The minimum atomic E-state index is 0.800. The average Bonchev–Trinajstić information content (AvgIpc) is 3.73. The van der Waals surface area contributed by atoms with Crippen molar-refractivity contribution in [3.05, 3.63) is 140 Å². The van der Waals surface area contributed by atoms with Crippen LogP contribution < -0.4 is 0 Å². The van der Waals surface area contributed by atoms with Crippen LogP contribution in [0.4, 0.5) is 0 Å². The van der Waals surface area contributed by atoms with Crippen LogP contribution >= 0.6 is 0 Å². The second-order valence-corrected chi connectivity index (χ2v) is 10.5. The van der Waals surface area contributed by atoms with E-state index in [4.69, 9.17) is 4.42 Å². The number of hydrogen-bond acceptors (Lipinski definition) is 2. The van der Waals surface area contributed by atoms with E-state index in [9.17, 15) is 0 Å². The molecule has 4 nitrogen and oxygen atoms in total. The second kappa shape index (κ2) is 8.44. The molecule has 0 spiro atoms. The van der Waals surface area contributed by atoms with E-state index < -0.39 is 0 Å². The van der Waals surface area contributed by atoms with E-state index in [-0.39, 0.29) is 0 Å². The lowest BCUT2D eigenvalue weighted by atomic mass is 10.0. The lowest BCUT2D eigenvalue weighted by Crippen LogP contribution is -1.96. The zero-order valence-corrected chi connectivity index (χ0v) is 22.0. The molecule has 0 atom stereocenters. The first-order valence-electron chi connectivity index (χ1n) is 13.8. The monoisotopic (exact) mass is 525 g/mol. The number of oxazole rings is 1. The van der Waals surface area contributed by atoms with Crippen molar-refractivity contribution in [3.63, 3.8) is 0 Å². The van der Waals surface area contributed by atoms with E-state index in [1.807, 2.05) is 6.07 Å². The molecule has 9 rings (SSSR count). The predicted octanol–water partition coefficient (Wildman–Crippen LogP) is 9.69. The van der Waals surface area contributed by atoms with Gasteiger partial charge in [0.1, 0.15) is 5.52 Å². The zero-order chi connectivity index (χ0) is 26.9. The molecule has 0 saturated carbocycles. The number of para-hydroxylation sites is 3. The number of aromatic nitrogens is 3. The molecule has 3 aromatic heterocycles. The second-order valence-electron chi connectivity index (χ2n) is 10.5. The molecule has 41 heavy (non-hydrogen) atoms. The molecular formula is C37H23N3O. The van der Waals surface area contributed by atoms with Crippen molar-refractivity contribution < 1.29 is 4.42 Å². The molecular weight excluding hydrogens is 502 g/mol. The van der Waals surface area contributed by atoms with Crippen LogP contribution in [0.25, 0.3) is 77.2 Å². The maximum absolute atomic E-state index is 5.88. The summed E-state index contributed by atoms with van der Waals surface area (Å²) >= 11 is 0. The Bertz CT molecular complexity index is 2410. The summed E-state index contributed by atoms with van der Waals surface area (Å²) in [5.41, 5.74) is 10.7. The first kappa shape index (κ1) is 22.2. The van der Waals surface area contributed by atoms with Crippen LogP contribution in [0.3, 0.4) is 0 Å². The molecule has 0 amide bonds. The number of rotatable bonds is 3. The van der Waals surface area contributed by atoms with Gasteiger partial charge in [-0.1, -0.05) is 84.9 Å². The molecule has 0 aliphatic carbocycles. The normalized spacial score (nSPS) is 11.9. The molecule has 0 fully saturated rings. The molecule has 192 valence electrons. The van der Waals surface area contributed by atoms with Gasteiger partial charge in [0.05, 0.1) is 22.1 Å². The molecule has 6 aromatic carbocycles. The highest BCUT2D eigenvalue weighted by Gasteiger charge is 2.20. The number of benzene rings is 6. The fourth-order valence-electron chi connectivity index (χ4n) is 6.48. The molecule has 0 N–H and O–H groups in total. The van der Waals surface area contributed by atoms with Crippen LogP contribution in [0.15, 0.2) is 144 Å². The van der Waals surface area contributed by atoms with Gasteiger partial charge in [0, 0.05) is 38.5 Å². The molecule has 0 aliphatic heterocycles. The molecule has 4 heteroatoms. The quantitative estimate of drug-likeness (QED) is 0.230. The Morgan fingerprint density at radius 3 is 1.68 bits per heavy atom. The van der Waals surface area contributed by atoms with Gasteiger partial charge in [-0.2, -0.15) is 0 Å². The van der Waals surface area contributed by atoms with Crippen LogP contribution in [-0.2, 0) is 0 Å². The van der Waals surface area contributed by atoms with Crippen molar-refractivity contribution >= 4 is 54.7 Å². The van der Waals surface area contributed by atoms with Crippen molar-refractivity contribution in [3.8, 4) is 22.5 Å². The number of fused-ring (bicyclic) bond motifs is 7. The van der Waals surface area contributed by atoms with Crippen LogP contribution in [-0.4, -0.2) is 14.1 Å². The van der Waals surface area contributed by atoms with Crippen molar-refractivity contribution in [2.75, 3.05) is 0 Å². The van der Waals surface area contributed by atoms with Gasteiger partial charge in [0.2, 0.25) is 0 Å². The van der Waals surface area contributed by atoms with Crippen LogP contribution in [0, 0.1) is 0 Å². The van der Waals surface area contributed by atoms with Crippen molar-refractivity contribution in [1.29, 1.82) is 0 Å². The molecule has 0 unspecified atom stereocenters. The van der Waals surface area contributed by atoms with Crippen LogP contribution in [0.5, 0.6) is 0 Å². The third kappa shape index (κ3) is 3.19. The van der Waals surface area contributed by atoms with Gasteiger partial charge >= 0.3 is 0 Å². The van der Waals surface area contributed by atoms with E-state index in [1.165, 1.54) is 39.0 Å². The third-order valence-corrected chi connectivity index (χ3v) is 8.24. The van der Waals surface area contributed by atoms with Gasteiger partial charge in [-0.05, 0) is 54.1 Å². The van der Waals surface area contributed by atoms with Gasteiger partial charge in [-0.15, -0.1) is 0 Å². The first-order valence-corrected chi connectivity index (χ1v) is 13.8.